The number of carbonyl (C=O) groups is 2. The number of likely N-dealkylation sites (tertiary alicyclic amines) is 1. The van der Waals surface area contributed by atoms with Crippen molar-refractivity contribution in [1.29, 1.82) is 0 Å². The predicted molar refractivity (Wildman–Crippen MR) is 93.2 cm³/mol. The van der Waals surface area contributed by atoms with E-state index < -0.39 is 11.9 Å². The first-order valence-corrected chi connectivity index (χ1v) is 8.48. The van der Waals surface area contributed by atoms with Crippen molar-refractivity contribution in [2.24, 2.45) is 5.92 Å². The number of hydrogen-bond donors (Lipinski definition) is 1. The van der Waals surface area contributed by atoms with Crippen LogP contribution in [0.15, 0.2) is 48.5 Å². The van der Waals surface area contributed by atoms with Crippen LogP contribution in [-0.4, -0.2) is 35.0 Å². The molecule has 0 saturated carbocycles. The quantitative estimate of drug-likeness (QED) is 0.827. The van der Waals surface area contributed by atoms with Gasteiger partial charge in [0.05, 0.1) is 5.92 Å². The molecule has 1 atom stereocenters. The molecule has 5 nitrogen and oxygen atoms in total. The Hall–Kier alpha value is -2.89. The summed E-state index contributed by atoms with van der Waals surface area (Å²) in [5.74, 6) is -1.25. The zero-order valence-corrected chi connectivity index (χ0v) is 14.2. The number of amides is 1. The molecule has 136 valence electrons. The Labute approximate surface area is 151 Å². The number of carboxylic acid groups (broad SMARTS) is 1. The highest BCUT2D eigenvalue weighted by atomic mass is 19.1. The van der Waals surface area contributed by atoms with Crippen molar-refractivity contribution in [2.45, 2.75) is 19.4 Å². The van der Waals surface area contributed by atoms with Gasteiger partial charge >= 0.3 is 5.97 Å². The van der Waals surface area contributed by atoms with E-state index in [2.05, 4.69) is 0 Å². The Morgan fingerprint density at radius 1 is 1.19 bits per heavy atom. The molecule has 0 bridgehead atoms. The summed E-state index contributed by atoms with van der Waals surface area (Å²) < 4.78 is 18.8. The molecular formula is C20H20FNO4. The SMILES string of the molecule is O=C(O)C1CC(=O)N(CCc2ccccc2OCc2ccc(F)cc2)C1. The summed E-state index contributed by atoms with van der Waals surface area (Å²) >= 11 is 0. The van der Waals surface area contributed by atoms with Crippen LogP contribution in [0.4, 0.5) is 4.39 Å². The molecule has 2 aromatic carbocycles. The minimum atomic E-state index is -0.927. The molecule has 2 aromatic rings. The van der Waals surface area contributed by atoms with E-state index in [1.165, 1.54) is 12.1 Å². The first-order valence-electron chi connectivity index (χ1n) is 8.48. The summed E-state index contributed by atoms with van der Waals surface area (Å²) in [4.78, 5) is 24.6. The molecule has 1 unspecified atom stereocenters. The number of halogens is 1. The highest BCUT2D eigenvalue weighted by molar-refractivity contribution is 5.86. The van der Waals surface area contributed by atoms with E-state index in [4.69, 9.17) is 9.84 Å². The topological polar surface area (TPSA) is 66.8 Å². The van der Waals surface area contributed by atoms with Crippen LogP contribution in [0.25, 0.3) is 0 Å². The molecule has 6 heteroatoms. The standard InChI is InChI=1S/C20H20FNO4/c21-17-7-5-14(6-8-17)13-26-18-4-2-1-3-15(18)9-10-22-12-16(20(24)25)11-19(22)23/h1-8,16H,9-13H2,(H,24,25). The minimum Gasteiger partial charge on any atom is -0.489 e. The third kappa shape index (κ3) is 4.39. The van der Waals surface area contributed by atoms with Gasteiger partial charge in [-0.1, -0.05) is 30.3 Å². The highest BCUT2D eigenvalue weighted by Gasteiger charge is 2.33. The summed E-state index contributed by atoms with van der Waals surface area (Å²) in [7, 11) is 0. The Morgan fingerprint density at radius 2 is 1.92 bits per heavy atom. The van der Waals surface area contributed by atoms with Crippen molar-refractivity contribution in [3.8, 4) is 5.75 Å². The van der Waals surface area contributed by atoms with Gasteiger partial charge < -0.3 is 14.7 Å². The van der Waals surface area contributed by atoms with Gasteiger partial charge in [0.1, 0.15) is 18.2 Å². The lowest BCUT2D eigenvalue weighted by atomic mass is 10.1. The van der Waals surface area contributed by atoms with Gasteiger partial charge in [0.25, 0.3) is 0 Å². The molecule has 1 aliphatic rings. The molecule has 1 saturated heterocycles. The molecule has 0 aromatic heterocycles. The van der Waals surface area contributed by atoms with Gasteiger partial charge in [-0.3, -0.25) is 9.59 Å². The molecule has 0 aliphatic carbocycles. The number of carbonyl (C=O) groups excluding carboxylic acids is 1. The van der Waals surface area contributed by atoms with Gasteiger partial charge in [0, 0.05) is 19.5 Å². The number of aliphatic carboxylic acids is 1. The van der Waals surface area contributed by atoms with Gasteiger partial charge in [-0.15, -0.1) is 0 Å². The maximum absolute atomic E-state index is 13.0. The van der Waals surface area contributed by atoms with Crippen molar-refractivity contribution in [3.63, 3.8) is 0 Å². The van der Waals surface area contributed by atoms with Crippen LogP contribution in [0.3, 0.4) is 0 Å². The Bertz CT molecular complexity index is 791. The second kappa shape index (κ2) is 7.99. The van der Waals surface area contributed by atoms with Crippen LogP contribution in [0.1, 0.15) is 17.5 Å². The van der Waals surface area contributed by atoms with Gasteiger partial charge in [-0.2, -0.15) is 0 Å². The molecule has 26 heavy (non-hydrogen) atoms. The molecule has 0 spiro atoms. The zero-order valence-electron chi connectivity index (χ0n) is 14.2. The minimum absolute atomic E-state index is 0.0675. The molecule has 1 aliphatic heterocycles. The average Bonchev–Trinajstić information content (AvgIpc) is 3.01. The fourth-order valence-electron chi connectivity index (χ4n) is 3.00. The van der Waals surface area contributed by atoms with Crippen LogP contribution in [-0.2, 0) is 22.6 Å². The maximum Gasteiger partial charge on any atom is 0.308 e. The average molecular weight is 357 g/mol. The van der Waals surface area contributed by atoms with Crippen molar-refractivity contribution in [2.75, 3.05) is 13.1 Å². The predicted octanol–water partition coefficient (Wildman–Crippen LogP) is 2.88. The summed E-state index contributed by atoms with van der Waals surface area (Å²) in [5.41, 5.74) is 1.81. The van der Waals surface area contributed by atoms with Crippen LogP contribution in [0, 0.1) is 11.7 Å². The van der Waals surface area contributed by atoms with Gasteiger partial charge in [0.15, 0.2) is 0 Å². The van der Waals surface area contributed by atoms with Crippen LogP contribution in [0.5, 0.6) is 5.75 Å². The van der Waals surface area contributed by atoms with Gasteiger partial charge in [0.2, 0.25) is 5.91 Å². The highest BCUT2D eigenvalue weighted by Crippen LogP contribution is 2.23. The third-order valence-corrected chi connectivity index (χ3v) is 4.50. The van der Waals surface area contributed by atoms with Crippen LogP contribution >= 0.6 is 0 Å². The Kier molecular flexibility index (Phi) is 5.51. The van der Waals surface area contributed by atoms with E-state index in [1.54, 1.807) is 17.0 Å². The Balaban J connectivity index is 1.59. The number of rotatable bonds is 7. The normalized spacial score (nSPS) is 16.7. The van der Waals surface area contributed by atoms with Crippen molar-refractivity contribution in [3.05, 3.63) is 65.5 Å². The number of para-hydroxylation sites is 1. The van der Waals surface area contributed by atoms with Crippen molar-refractivity contribution in [1.82, 2.24) is 4.90 Å². The second-order valence-electron chi connectivity index (χ2n) is 6.35. The van der Waals surface area contributed by atoms with Gasteiger partial charge in [-0.05, 0) is 35.7 Å². The van der Waals surface area contributed by atoms with Crippen molar-refractivity contribution >= 4 is 11.9 Å². The van der Waals surface area contributed by atoms with Crippen molar-refractivity contribution < 1.29 is 23.8 Å². The first kappa shape index (κ1) is 17.9. The van der Waals surface area contributed by atoms with E-state index in [1.807, 2.05) is 24.3 Å². The summed E-state index contributed by atoms with van der Waals surface area (Å²) in [6.07, 6.45) is 0.649. The van der Waals surface area contributed by atoms with E-state index in [9.17, 15) is 14.0 Å². The third-order valence-electron chi connectivity index (χ3n) is 4.50. The maximum atomic E-state index is 13.0. The lowest BCUT2D eigenvalue weighted by Crippen LogP contribution is -2.28. The fraction of sp³-hybridized carbons (Fsp3) is 0.300. The van der Waals surface area contributed by atoms with E-state index in [0.717, 1.165) is 11.1 Å². The van der Waals surface area contributed by atoms with Crippen LogP contribution < -0.4 is 4.74 Å². The zero-order chi connectivity index (χ0) is 18.5. The molecular weight excluding hydrogens is 337 g/mol. The van der Waals surface area contributed by atoms with E-state index in [-0.39, 0.29) is 24.7 Å². The molecule has 1 heterocycles. The lowest BCUT2D eigenvalue weighted by Gasteiger charge is -2.17. The molecule has 0 radical (unpaired) electrons. The molecule has 3 rings (SSSR count). The fourth-order valence-corrected chi connectivity index (χ4v) is 3.00. The second-order valence-corrected chi connectivity index (χ2v) is 6.35. The molecule has 1 fully saturated rings. The lowest BCUT2D eigenvalue weighted by molar-refractivity contribution is -0.141. The molecule has 1 amide bonds. The first-order chi connectivity index (χ1) is 12.5. The monoisotopic (exact) mass is 357 g/mol. The van der Waals surface area contributed by atoms with Gasteiger partial charge in [-0.25, -0.2) is 4.39 Å². The number of hydrogen-bond acceptors (Lipinski definition) is 3. The summed E-state index contributed by atoms with van der Waals surface area (Å²) in [5, 5.41) is 9.05. The van der Waals surface area contributed by atoms with Crippen LogP contribution in [0.2, 0.25) is 0 Å². The van der Waals surface area contributed by atoms with E-state index in [0.29, 0.717) is 25.3 Å². The number of carboxylic acids is 1. The summed E-state index contributed by atoms with van der Waals surface area (Å²) in [6, 6.07) is 13.7. The number of ether oxygens (including phenoxy) is 1. The molecule has 1 N–H and O–H groups in total. The number of benzene rings is 2. The smallest absolute Gasteiger partial charge is 0.308 e. The number of nitrogens with zero attached hydrogens (tertiary/aromatic N) is 1. The van der Waals surface area contributed by atoms with E-state index >= 15 is 0 Å². The largest absolute Gasteiger partial charge is 0.489 e. The Morgan fingerprint density at radius 3 is 2.62 bits per heavy atom. The summed E-state index contributed by atoms with van der Waals surface area (Å²) in [6.45, 7) is 1.04.